The normalized spacial score (nSPS) is 12.6. The van der Waals surface area contributed by atoms with Crippen molar-refractivity contribution in [3.63, 3.8) is 0 Å². The largest absolute Gasteiger partial charge is 0.462 e. The highest BCUT2D eigenvalue weighted by Crippen LogP contribution is 2.18. The summed E-state index contributed by atoms with van der Waals surface area (Å²) in [7, 11) is 0. The molecule has 1 atom stereocenters. The Hall–Kier alpha value is -2.66. The topological polar surface area (TPSA) is 72.8 Å². The Morgan fingerprint density at radius 3 is 0.868 bits per heavy atom. The van der Waals surface area contributed by atoms with Gasteiger partial charge in [0.1, 0.15) is 6.61 Å². The summed E-state index contributed by atoms with van der Waals surface area (Å²) < 4.78 is 10.7. The van der Waals surface area contributed by atoms with Crippen LogP contribution in [0.2, 0.25) is 0 Å². The van der Waals surface area contributed by atoms with Gasteiger partial charge in [-0.15, -0.1) is 0 Å². The summed E-state index contributed by atoms with van der Waals surface area (Å²) in [4.78, 5) is 24.6. The van der Waals surface area contributed by atoms with Crippen molar-refractivity contribution in [3.8, 4) is 0 Å². The third-order valence-electron chi connectivity index (χ3n) is 15.0. The van der Waals surface area contributed by atoms with Crippen molar-refractivity contribution in [1.29, 1.82) is 0 Å². The number of unbranched alkanes of at least 4 members (excludes halogenated alkanes) is 42. The quantitative estimate of drug-likeness (QED) is 0.0373. The van der Waals surface area contributed by atoms with Crippen LogP contribution in [0.1, 0.15) is 348 Å². The van der Waals surface area contributed by atoms with Gasteiger partial charge < -0.3 is 14.6 Å². The Kier molecular flexibility index (Phi) is 64.3. The lowest BCUT2D eigenvalue weighted by Gasteiger charge is -2.15. The van der Waals surface area contributed by atoms with Crippen LogP contribution >= 0.6 is 0 Å². The number of ether oxygens (including phenoxy) is 2. The molecule has 0 rings (SSSR count). The predicted molar refractivity (Wildman–Crippen MR) is 334 cm³/mol. The fourth-order valence-electron chi connectivity index (χ4n) is 9.99. The maximum atomic E-state index is 12.3. The van der Waals surface area contributed by atoms with Crippen molar-refractivity contribution in [2.24, 2.45) is 0 Å². The maximum Gasteiger partial charge on any atom is 0.306 e. The average Bonchev–Trinajstić information content (AvgIpc) is 3.42. The molecule has 0 bridgehead atoms. The number of esters is 2. The fraction of sp³-hybridized carbons (Fsp3) is 0.803. The monoisotopic (exact) mass is 1060 g/mol. The minimum atomic E-state index is -0.786. The van der Waals surface area contributed by atoms with Crippen LogP contribution < -0.4 is 0 Å². The van der Waals surface area contributed by atoms with E-state index in [0.29, 0.717) is 12.8 Å². The van der Waals surface area contributed by atoms with Crippen LogP contribution in [0.4, 0.5) is 0 Å². The number of allylic oxidation sites excluding steroid dienone is 12. The second kappa shape index (κ2) is 66.6. The highest BCUT2D eigenvalue weighted by atomic mass is 16.6. The Bertz CT molecular complexity index is 1340. The molecule has 0 saturated carbocycles. The first-order valence-electron chi connectivity index (χ1n) is 33.5. The number of hydrogen-bond donors (Lipinski definition) is 1. The van der Waals surface area contributed by atoms with E-state index in [2.05, 4.69) is 86.8 Å². The Labute approximate surface area is 473 Å². The highest BCUT2D eigenvalue weighted by Gasteiger charge is 2.16. The van der Waals surface area contributed by atoms with Gasteiger partial charge in [-0.05, 0) is 83.5 Å². The molecule has 1 N–H and O–H groups in total. The summed E-state index contributed by atoms with van der Waals surface area (Å²) in [6.07, 6.45) is 92.3. The molecule has 0 amide bonds. The van der Waals surface area contributed by atoms with Crippen LogP contribution in [-0.4, -0.2) is 36.4 Å². The first-order valence-corrected chi connectivity index (χ1v) is 33.5. The molecule has 0 radical (unpaired) electrons. The molecule has 76 heavy (non-hydrogen) atoms. The molecule has 5 heteroatoms. The van der Waals surface area contributed by atoms with Gasteiger partial charge in [-0.3, -0.25) is 9.59 Å². The lowest BCUT2D eigenvalue weighted by atomic mass is 10.0. The summed E-state index contributed by atoms with van der Waals surface area (Å²) in [5, 5.41) is 9.67. The molecule has 0 heterocycles. The van der Waals surface area contributed by atoms with Crippen molar-refractivity contribution >= 4 is 11.9 Å². The van der Waals surface area contributed by atoms with Crippen molar-refractivity contribution < 1.29 is 24.2 Å². The van der Waals surface area contributed by atoms with Crippen LogP contribution in [0.5, 0.6) is 0 Å². The molecule has 0 aromatic heterocycles. The summed E-state index contributed by atoms with van der Waals surface area (Å²) in [5.41, 5.74) is 0. The van der Waals surface area contributed by atoms with Crippen molar-refractivity contribution in [2.75, 3.05) is 13.2 Å². The third-order valence-corrected chi connectivity index (χ3v) is 15.0. The minimum absolute atomic E-state index is 0.0736. The Morgan fingerprint density at radius 2 is 0.566 bits per heavy atom. The van der Waals surface area contributed by atoms with Gasteiger partial charge in [-0.1, -0.05) is 324 Å². The van der Waals surface area contributed by atoms with Gasteiger partial charge in [0.15, 0.2) is 6.10 Å². The lowest BCUT2D eigenvalue weighted by Crippen LogP contribution is -2.28. The molecule has 5 nitrogen and oxygen atoms in total. The van der Waals surface area contributed by atoms with Crippen molar-refractivity contribution in [3.05, 3.63) is 72.9 Å². The Morgan fingerprint density at radius 1 is 0.316 bits per heavy atom. The summed E-state index contributed by atoms with van der Waals surface area (Å²) in [6, 6.07) is 0. The fourth-order valence-corrected chi connectivity index (χ4v) is 9.99. The van der Waals surface area contributed by atoms with E-state index in [4.69, 9.17) is 9.47 Å². The first kappa shape index (κ1) is 73.3. The second-order valence-electron chi connectivity index (χ2n) is 22.5. The van der Waals surface area contributed by atoms with Gasteiger partial charge in [0.2, 0.25) is 0 Å². The summed E-state index contributed by atoms with van der Waals surface area (Å²) in [6.45, 7) is 4.04. The lowest BCUT2D eigenvalue weighted by molar-refractivity contribution is -0.161. The van der Waals surface area contributed by atoms with Crippen LogP contribution in [0.15, 0.2) is 72.9 Å². The van der Waals surface area contributed by atoms with Crippen LogP contribution in [-0.2, 0) is 19.1 Å². The van der Waals surface area contributed by atoms with Gasteiger partial charge in [0, 0.05) is 12.8 Å². The molecular formula is C71H128O5. The van der Waals surface area contributed by atoms with Crippen LogP contribution in [0.25, 0.3) is 0 Å². The van der Waals surface area contributed by atoms with Gasteiger partial charge in [-0.25, -0.2) is 0 Å². The number of hydrogen-bond acceptors (Lipinski definition) is 5. The van der Waals surface area contributed by atoms with Crippen LogP contribution in [0, 0.1) is 0 Å². The van der Waals surface area contributed by atoms with Gasteiger partial charge in [0.25, 0.3) is 0 Å². The van der Waals surface area contributed by atoms with Gasteiger partial charge in [-0.2, -0.15) is 0 Å². The smallest absolute Gasteiger partial charge is 0.306 e. The van der Waals surface area contributed by atoms with E-state index in [-0.39, 0.29) is 25.2 Å². The van der Waals surface area contributed by atoms with Crippen LogP contribution in [0.3, 0.4) is 0 Å². The summed E-state index contributed by atoms with van der Waals surface area (Å²) in [5.74, 6) is -0.602. The van der Waals surface area contributed by atoms with E-state index in [1.165, 1.54) is 231 Å². The maximum absolute atomic E-state index is 12.3. The number of carbonyl (C=O) groups is 2. The van der Waals surface area contributed by atoms with Gasteiger partial charge in [0.05, 0.1) is 6.61 Å². The van der Waals surface area contributed by atoms with E-state index in [1.54, 1.807) is 0 Å². The SMILES string of the molecule is CC/C=C\C/C=C\C/C=C\C/C=C\C/C=C\CCCCCCCC(=O)OC(CO)COC(=O)CCCCCCCCCCCCCCCCCCCCCCCCCCCCCCC/C=C\CCCCCCCCCC. The molecule has 0 saturated heterocycles. The summed E-state index contributed by atoms with van der Waals surface area (Å²) >= 11 is 0. The zero-order chi connectivity index (χ0) is 54.8. The van der Waals surface area contributed by atoms with E-state index in [9.17, 15) is 14.7 Å². The second-order valence-corrected chi connectivity index (χ2v) is 22.5. The molecule has 0 fully saturated rings. The molecule has 0 aliphatic rings. The molecule has 1 unspecified atom stereocenters. The molecular weight excluding hydrogens is 933 g/mol. The van der Waals surface area contributed by atoms with Crippen molar-refractivity contribution in [2.45, 2.75) is 354 Å². The standard InChI is InChI=1S/C71H128O5/c1-3-5-7-9-11-13-15-17-19-21-23-25-26-27-28-29-30-31-32-33-34-35-36-37-38-39-40-41-42-43-44-46-47-49-51-53-55-57-59-61-63-65-70(73)75-68-69(67-72)76-71(74)66-64-62-60-58-56-54-52-50-48-45-24-22-20-18-16-14-12-10-8-6-4-2/h6,8,12,14,18,20-21,23-24,45,50,52,69,72H,3-5,7,9-11,13,15-17,19,22,25-44,46-49,51,53-68H2,1-2H3/b8-6-,14-12-,20-18-,23-21-,45-24-,52-50-. The number of carbonyl (C=O) groups excluding carboxylic acids is 2. The van der Waals surface area contributed by atoms with E-state index in [0.717, 1.165) is 89.9 Å². The molecule has 0 aromatic carbocycles. The zero-order valence-electron chi connectivity index (χ0n) is 50.8. The molecule has 0 aliphatic carbocycles. The number of rotatable bonds is 62. The number of aliphatic hydroxyl groups is 1. The molecule has 0 aromatic rings. The average molecular weight is 1060 g/mol. The highest BCUT2D eigenvalue weighted by molar-refractivity contribution is 5.70. The first-order chi connectivity index (χ1) is 37.6. The zero-order valence-corrected chi connectivity index (χ0v) is 50.8. The minimum Gasteiger partial charge on any atom is -0.462 e. The third kappa shape index (κ3) is 63.9. The van der Waals surface area contributed by atoms with Crippen molar-refractivity contribution in [1.82, 2.24) is 0 Å². The Balaban J connectivity index is 3.40. The molecule has 0 spiro atoms. The van der Waals surface area contributed by atoms with E-state index >= 15 is 0 Å². The van der Waals surface area contributed by atoms with E-state index < -0.39 is 6.10 Å². The number of aliphatic hydroxyl groups excluding tert-OH is 1. The molecule has 442 valence electrons. The van der Waals surface area contributed by atoms with Gasteiger partial charge >= 0.3 is 11.9 Å². The van der Waals surface area contributed by atoms with E-state index in [1.807, 2.05) is 0 Å². The predicted octanol–water partition coefficient (Wildman–Crippen LogP) is 23.1. The molecule has 0 aliphatic heterocycles.